The normalized spacial score (nSPS) is 19.7. The van der Waals surface area contributed by atoms with Gasteiger partial charge in [0.25, 0.3) is 0 Å². The SMILES string of the molecule is NNC(c1ccc2c(c1)CCO2)C1(c2ccccc2)CC1. The van der Waals surface area contributed by atoms with Crippen LogP contribution in [0.25, 0.3) is 0 Å². The van der Waals surface area contributed by atoms with E-state index in [0.29, 0.717) is 0 Å². The number of benzene rings is 2. The zero-order valence-corrected chi connectivity index (χ0v) is 12.0. The minimum atomic E-state index is 0.143. The van der Waals surface area contributed by atoms with E-state index in [1.165, 1.54) is 29.5 Å². The summed E-state index contributed by atoms with van der Waals surface area (Å²) in [6, 6.07) is 17.4. The Hall–Kier alpha value is -1.84. The van der Waals surface area contributed by atoms with Crippen LogP contribution in [0.3, 0.4) is 0 Å². The summed E-state index contributed by atoms with van der Waals surface area (Å²) in [5, 5.41) is 0. The Morgan fingerprint density at radius 3 is 2.62 bits per heavy atom. The van der Waals surface area contributed by atoms with E-state index in [2.05, 4.69) is 54.0 Å². The van der Waals surface area contributed by atoms with Crippen molar-refractivity contribution in [3.63, 3.8) is 0 Å². The van der Waals surface area contributed by atoms with E-state index >= 15 is 0 Å². The minimum absolute atomic E-state index is 0.143. The van der Waals surface area contributed by atoms with Gasteiger partial charge in [-0.2, -0.15) is 0 Å². The zero-order valence-electron chi connectivity index (χ0n) is 12.0. The quantitative estimate of drug-likeness (QED) is 0.669. The molecule has 1 aliphatic heterocycles. The monoisotopic (exact) mass is 280 g/mol. The molecular formula is C18H20N2O. The second-order valence-electron chi connectivity index (χ2n) is 6.09. The molecule has 0 bridgehead atoms. The fourth-order valence-corrected chi connectivity index (χ4v) is 3.61. The number of rotatable bonds is 4. The van der Waals surface area contributed by atoms with E-state index in [0.717, 1.165) is 18.8 Å². The van der Waals surface area contributed by atoms with Gasteiger partial charge in [-0.1, -0.05) is 42.5 Å². The minimum Gasteiger partial charge on any atom is -0.493 e. The van der Waals surface area contributed by atoms with E-state index < -0.39 is 0 Å². The average Bonchev–Trinajstić information content (AvgIpc) is 3.19. The number of ether oxygens (including phenoxy) is 1. The van der Waals surface area contributed by atoms with Crippen molar-refractivity contribution in [2.75, 3.05) is 6.61 Å². The topological polar surface area (TPSA) is 47.3 Å². The molecule has 2 aromatic rings. The lowest BCUT2D eigenvalue weighted by molar-refractivity contribution is 0.356. The molecule has 108 valence electrons. The van der Waals surface area contributed by atoms with Gasteiger partial charge in [0, 0.05) is 11.8 Å². The van der Waals surface area contributed by atoms with Crippen LogP contribution in [0.4, 0.5) is 0 Å². The number of nitrogens with two attached hydrogens (primary N) is 1. The lowest BCUT2D eigenvalue weighted by atomic mass is 9.83. The summed E-state index contributed by atoms with van der Waals surface area (Å²) in [6.07, 6.45) is 3.36. The zero-order chi connectivity index (χ0) is 14.3. The standard InChI is InChI=1S/C18H20N2O/c19-20-17(14-6-7-16-13(12-14)8-11-21-16)18(9-10-18)15-4-2-1-3-5-15/h1-7,12,17,20H,8-11,19H2. The van der Waals surface area contributed by atoms with Gasteiger partial charge < -0.3 is 4.74 Å². The Labute approximate surface area is 125 Å². The van der Waals surface area contributed by atoms with Gasteiger partial charge in [-0.3, -0.25) is 11.3 Å². The van der Waals surface area contributed by atoms with E-state index in [9.17, 15) is 0 Å². The highest BCUT2D eigenvalue weighted by atomic mass is 16.5. The average molecular weight is 280 g/mol. The first-order valence-electron chi connectivity index (χ1n) is 7.61. The maximum absolute atomic E-state index is 5.93. The van der Waals surface area contributed by atoms with Crippen LogP contribution in [-0.2, 0) is 11.8 Å². The Morgan fingerprint density at radius 2 is 1.90 bits per heavy atom. The van der Waals surface area contributed by atoms with Gasteiger partial charge in [0.2, 0.25) is 0 Å². The summed E-state index contributed by atoms with van der Waals surface area (Å²) in [4.78, 5) is 0. The van der Waals surface area contributed by atoms with Gasteiger partial charge in [0.05, 0.1) is 12.6 Å². The molecule has 0 spiro atoms. The Bertz CT molecular complexity index is 650. The Kier molecular flexibility index (Phi) is 2.98. The van der Waals surface area contributed by atoms with Crippen molar-refractivity contribution in [3.8, 4) is 5.75 Å². The van der Waals surface area contributed by atoms with Crippen LogP contribution in [0.5, 0.6) is 5.75 Å². The molecule has 1 atom stereocenters. The first-order valence-corrected chi connectivity index (χ1v) is 7.61. The summed E-state index contributed by atoms with van der Waals surface area (Å²) in [5.74, 6) is 6.96. The summed E-state index contributed by atoms with van der Waals surface area (Å²) < 4.78 is 5.60. The molecule has 21 heavy (non-hydrogen) atoms. The second-order valence-corrected chi connectivity index (χ2v) is 6.09. The van der Waals surface area contributed by atoms with Crippen LogP contribution in [-0.4, -0.2) is 6.61 Å². The molecule has 2 aliphatic rings. The van der Waals surface area contributed by atoms with Crippen molar-refractivity contribution < 1.29 is 4.74 Å². The molecule has 3 N–H and O–H groups in total. The van der Waals surface area contributed by atoms with Crippen LogP contribution in [0, 0.1) is 0 Å². The Balaban J connectivity index is 1.72. The summed E-state index contributed by atoms with van der Waals surface area (Å²) in [7, 11) is 0. The fraction of sp³-hybridized carbons (Fsp3) is 0.333. The molecule has 1 aliphatic carbocycles. The van der Waals surface area contributed by atoms with Crippen LogP contribution in [0.1, 0.15) is 35.6 Å². The van der Waals surface area contributed by atoms with E-state index in [-0.39, 0.29) is 11.5 Å². The molecule has 1 heterocycles. The van der Waals surface area contributed by atoms with Crippen molar-refractivity contribution in [2.45, 2.75) is 30.7 Å². The van der Waals surface area contributed by atoms with Crippen molar-refractivity contribution >= 4 is 0 Å². The molecule has 1 unspecified atom stereocenters. The van der Waals surface area contributed by atoms with Crippen molar-refractivity contribution in [3.05, 3.63) is 65.2 Å². The van der Waals surface area contributed by atoms with Gasteiger partial charge in [0.1, 0.15) is 5.75 Å². The summed E-state index contributed by atoms with van der Waals surface area (Å²) in [5.41, 5.74) is 7.16. The lowest BCUT2D eigenvalue weighted by Crippen LogP contribution is -2.36. The Morgan fingerprint density at radius 1 is 1.10 bits per heavy atom. The third-order valence-electron chi connectivity index (χ3n) is 4.90. The second kappa shape index (κ2) is 4.86. The van der Waals surface area contributed by atoms with Crippen LogP contribution in [0.2, 0.25) is 0 Å². The van der Waals surface area contributed by atoms with E-state index in [1.54, 1.807) is 0 Å². The summed E-state index contributed by atoms with van der Waals surface area (Å²) in [6.45, 7) is 0.795. The number of hydrogen-bond acceptors (Lipinski definition) is 3. The fourth-order valence-electron chi connectivity index (χ4n) is 3.61. The predicted octanol–water partition coefficient (Wildman–Crippen LogP) is 2.86. The first-order chi connectivity index (χ1) is 10.3. The largest absolute Gasteiger partial charge is 0.493 e. The molecule has 2 aromatic carbocycles. The molecule has 0 aromatic heterocycles. The van der Waals surface area contributed by atoms with Crippen LogP contribution in [0.15, 0.2) is 48.5 Å². The van der Waals surface area contributed by atoms with Gasteiger partial charge in [0.15, 0.2) is 0 Å². The highest BCUT2D eigenvalue weighted by molar-refractivity contribution is 5.44. The van der Waals surface area contributed by atoms with Crippen molar-refractivity contribution in [1.82, 2.24) is 5.43 Å². The van der Waals surface area contributed by atoms with Gasteiger partial charge in [-0.05, 0) is 35.6 Å². The number of hydrogen-bond donors (Lipinski definition) is 2. The first kappa shape index (κ1) is 12.9. The summed E-state index contributed by atoms with van der Waals surface area (Å²) >= 11 is 0. The number of fused-ring (bicyclic) bond motifs is 1. The van der Waals surface area contributed by atoms with Crippen LogP contribution >= 0.6 is 0 Å². The molecule has 0 amide bonds. The highest BCUT2D eigenvalue weighted by Crippen LogP contribution is 2.56. The van der Waals surface area contributed by atoms with Crippen molar-refractivity contribution in [2.24, 2.45) is 5.84 Å². The number of nitrogens with one attached hydrogen (secondary N) is 1. The molecule has 0 saturated heterocycles. The lowest BCUT2D eigenvalue weighted by Gasteiger charge is -2.27. The third-order valence-corrected chi connectivity index (χ3v) is 4.90. The molecule has 0 radical (unpaired) electrons. The van der Waals surface area contributed by atoms with Gasteiger partial charge in [-0.25, -0.2) is 0 Å². The maximum Gasteiger partial charge on any atom is 0.122 e. The highest BCUT2D eigenvalue weighted by Gasteiger charge is 2.51. The molecule has 1 fully saturated rings. The molecular weight excluding hydrogens is 260 g/mol. The van der Waals surface area contributed by atoms with Gasteiger partial charge in [-0.15, -0.1) is 0 Å². The maximum atomic E-state index is 5.93. The van der Waals surface area contributed by atoms with E-state index in [1.807, 2.05) is 0 Å². The predicted molar refractivity (Wildman–Crippen MR) is 83.1 cm³/mol. The molecule has 3 heteroatoms. The smallest absolute Gasteiger partial charge is 0.122 e. The molecule has 4 rings (SSSR count). The van der Waals surface area contributed by atoms with Gasteiger partial charge >= 0.3 is 0 Å². The number of hydrazine groups is 1. The van der Waals surface area contributed by atoms with Crippen LogP contribution < -0.4 is 16.0 Å². The van der Waals surface area contributed by atoms with E-state index in [4.69, 9.17) is 10.6 Å². The third kappa shape index (κ3) is 2.04. The molecule has 1 saturated carbocycles. The molecule has 3 nitrogen and oxygen atoms in total. The van der Waals surface area contributed by atoms with Crippen molar-refractivity contribution in [1.29, 1.82) is 0 Å².